The number of hydrogen-bond acceptors (Lipinski definition) is 8. The van der Waals surface area contributed by atoms with Crippen molar-refractivity contribution in [3.63, 3.8) is 0 Å². The predicted molar refractivity (Wildman–Crippen MR) is 147 cm³/mol. The largest absolute Gasteiger partial charge is 0.489 e. The van der Waals surface area contributed by atoms with Gasteiger partial charge >= 0.3 is 0 Å². The first-order valence-electron chi connectivity index (χ1n) is 12.4. The van der Waals surface area contributed by atoms with Crippen LogP contribution in [0.3, 0.4) is 0 Å². The molecule has 204 valence electrons. The molecule has 0 saturated carbocycles. The van der Waals surface area contributed by atoms with E-state index in [2.05, 4.69) is 10.3 Å². The molecule has 0 fully saturated rings. The lowest BCUT2D eigenvalue weighted by atomic mass is 9.88. The molecule has 1 amide bonds. The second-order valence-electron chi connectivity index (χ2n) is 9.07. The first kappa shape index (κ1) is 28.0. The maximum Gasteiger partial charge on any atom is 0.259 e. The number of benzene rings is 2. The summed E-state index contributed by atoms with van der Waals surface area (Å²) in [6.07, 6.45) is 3.40. The number of carbonyl (C=O) groups excluding carboxylic acids is 4. The number of nitrogens with one attached hydrogen (secondary N) is 1. The van der Waals surface area contributed by atoms with Crippen molar-refractivity contribution in [3.05, 3.63) is 112 Å². The molecule has 0 bridgehead atoms. The van der Waals surface area contributed by atoms with Gasteiger partial charge in [0.2, 0.25) is 23.1 Å². The molecule has 0 aliphatic heterocycles. The van der Waals surface area contributed by atoms with Crippen molar-refractivity contribution in [2.24, 2.45) is 0 Å². The number of ether oxygens (including phenoxy) is 3. The first-order valence-corrected chi connectivity index (χ1v) is 12.4. The fraction of sp³-hybridized carbons (Fsp3) is 0.194. The molecule has 9 nitrogen and oxygen atoms in total. The zero-order valence-electron chi connectivity index (χ0n) is 22.6. The van der Waals surface area contributed by atoms with Gasteiger partial charge in [0.05, 0.1) is 19.8 Å². The molecule has 2 aromatic carbocycles. The van der Waals surface area contributed by atoms with Crippen LogP contribution in [0, 0.1) is 0 Å². The van der Waals surface area contributed by atoms with Gasteiger partial charge in [-0.3, -0.25) is 24.2 Å². The Balaban J connectivity index is 1.65. The van der Waals surface area contributed by atoms with Gasteiger partial charge in [0.25, 0.3) is 5.91 Å². The summed E-state index contributed by atoms with van der Waals surface area (Å²) in [4.78, 5) is 55.1. The van der Waals surface area contributed by atoms with E-state index in [-0.39, 0.29) is 47.0 Å². The fourth-order valence-corrected chi connectivity index (χ4v) is 4.23. The Hall–Kier alpha value is -5.05. The van der Waals surface area contributed by atoms with Gasteiger partial charge in [-0.1, -0.05) is 12.1 Å². The lowest BCUT2D eigenvalue weighted by molar-refractivity contribution is -0.121. The van der Waals surface area contributed by atoms with Crippen molar-refractivity contribution < 1.29 is 33.4 Å². The SMILES string of the molecule is COC1=C(OC)C(=O)C(Cc2ccc(OCc3cccnc3)c(C(=O)Nc3ccc(C(C)=O)cc3)c2)=C(C)C1=O. The molecule has 1 N–H and O–H groups in total. The number of hydrogen-bond donors (Lipinski definition) is 1. The highest BCUT2D eigenvalue weighted by molar-refractivity contribution is 6.23. The minimum absolute atomic E-state index is 0.0801. The number of ketones is 3. The van der Waals surface area contributed by atoms with E-state index in [1.54, 1.807) is 67.8 Å². The Kier molecular flexibility index (Phi) is 8.54. The highest BCUT2D eigenvalue weighted by atomic mass is 16.5. The molecule has 3 aromatic rings. The van der Waals surface area contributed by atoms with Crippen LogP contribution in [0.25, 0.3) is 0 Å². The topological polar surface area (TPSA) is 121 Å². The van der Waals surface area contributed by atoms with Gasteiger partial charge < -0.3 is 19.5 Å². The van der Waals surface area contributed by atoms with E-state index in [0.29, 0.717) is 22.6 Å². The number of rotatable bonds is 10. The zero-order chi connectivity index (χ0) is 28.8. The van der Waals surface area contributed by atoms with E-state index in [1.165, 1.54) is 21.1 Å². The molecule has 1 aromatic heterocycles. The van der Waals surface area contributed by atoms with Crippen molar-refractivity contribution in [2.75, 3.05) is 19.5 Å². The minimum atomic E-state index is -0.454. The summed E-state index contributed by atoms with van der Waals surface area (Å²) >= 11 is 0. The molecule has 1 heterocycles. The number of allylic oxidation sites excluding steroid dienone is 2. The van der Waals surface area contributed by atoms with Crippen LogP contribution < -0.4 is 10.1 Å². The molecule has 1 aliphatic carbocycles. The van der Waals surface area contributed by atoms with Crippen molar-refractivity contribution >= 4 is 28.9 Å². The lowest BCUT2D eigenvalue weighted by Crippen LogP contribution is -2.26. The molecule has 40 heavy (non-hydrogen) atoms. The average molecular weight is 541 g/mol. The van der Waals surface area contributed by atoms with E-state index in [4.69, 9.17) is 14.2 Å². The van der Waals surface area contributed by atoms with Crippen LogP contribution in [0.1, 0.15) is 45.7 Å². The number of carbonyl (C=O) groups is 4. The van der Waals surface area contributed by atoms with Gasteiger partial charge in [-0.2, -0.15) is 0 Å². The number of Topliss-reactive ketones (excluding diaryl/α,β-unsaturated/α-hetero) is 3. The van der Waals surface area contributed by atoms with Crippen LogP contribution in [0.5, 0.6) is 5.75 Å². The second-order valence-corrected chi connectivity index (χ2v) is 9.07. The Labute approximate surface area is 231 Å². The Bertz CT molecular complexity index is 1540. The van der Waals surface area contributed by atoms with E-state index in [0.717, 1.165) is 5.56 Å². The third-order valence-electron chi connectivity index (χ3n) is 6.43. The lowest BCUT2D eigenvalue weighted by Gasteiger charge is -2.21. The summed E-state index contributed by atoms with van der Waals surface area (Å²) in [5.41, 5.74) is 3.17. The van der Waals surface area contributed by atoms with Crippen molar-refractivity contribution in [1.29, 1.82) is 0 Å². The molecular formula is C31H28N2O7. The maximum atomic E-state index is 13.4. The number of anilines is 1. The molecule has 0 unspecified atom stereocenters. The van der Waals surface area contributed by atoms with Crippen LogP contribution in [0.2, 0.25) is 0 Å². The van der Waals surface area contributed by atoms with Gasteiger partial charge in [-0.05, 0) is 61.9 Å². The minimum Gasteiger partial charge on any atom is -0.489 e. The standard InChI is InChI=1S/C31H28N2O7/c1-18-24(28(36)30(39-4)29(38-3)27(18)35)14-20-7-12-26(40-17-21-6-5-13-32-16-21)25(15-20)31(37)33-23-10-8-22(9-11-23)19(2)34/h5-13,15-16H,14,17H2,1-4H3,(H,33,37). The van der Waals surface area contributed by atoms with Crippen molar-refractivity contribution in [1.82, 2.24) is 4.98 Å². The normalized spacial score (nSPS) is 13.3. The summed E-state index contributed by atoms with van der Waals surface area (Å²) in [5, 5.41) is 2.83. The molecule has 9 heteroatoms. The molecule has 4 rings (SSSR count). The molecule has 1 aliphatic rings. The summed E-state index contributed by atoms with van der Waals surface area (Å²) < 4.78 is 16.3. The molecule has 0 radical (unpaired) electrons. The number of methoxy groups -OCH3 is 2. The van der Waals surface area contributed by atoms with Gasteiger partial charge in [-0.15, -0.1) is 0 Å². The molecule has 0 saturated heterocycles. The van der Waals surface area contributed by atoms with Crippen LogP contribution in [-0.4, -0.2) is 42.5 Å². The Morgan fingerprint density at radius 2 is 1.60 bits per heavy atom. The molecule has 0 spiro atoms. The van der Waals surface area contributed by atoms with Crippen LogP contribution in [-0.2, 0) is 32.1 Å². The maximum absolute atomic E-state index is 13.4. The van der Waals surface area contributed by atoms with Crippen molar-refractivity contribution in [3.8, 4) is 5.75 Å². The molecule has 0 atom stereocenters. The van der Waals surface area contributed by atoms with Gasteiger partial charge in [0.15, 0.2) is 5.78 Å². The summed E-state index contributed by atoms with van der Waals surface area (Å²) in [7, 11) is 2.61. The van der Waals surface area contributed by atoms with Crippen molar-refractivity contribution in [2.45, 2.75) is 26.9 Å². The summed E-state index contributed by atoms with van der Waals surface area (Å²) in [6, 6.07) is 15.2. The first-order chi connectivity index (χ1) is 19.2. The number of aromatic nitrogens is 1. The Morgan fingerprint density at radius 1 is 0.900 bits per heavy atom. The third-order valence-corrected chi connectivity index (χ3v) is 6.43. The van der Waals surface area contributed by atoms with E-state index < -0.39 is 17.5 Å². The number of nitrogens with zero attached hydrogens (tertiary/aromatic N) is 1. The number of amides is 1. The van der Waals surface area contributed by atoms with E-state index in [9.17, 15) is 19.2 Å². The van der Waals surface area contributed by atoms with E-state index >= 15 is 0 Å². The van der Waals surface area contributed by atoms with Gasteiger partial charge in [0, 0.05) is 46.8 Å². The predicted octanol–water partition coefficient (Wildman–Crippen LogP) is 4.63. The molecular weight excluding hydrogens is 512 g/mol. The third kappa shape index (κ3) is 5.99. The van der Waals surface area contributed by atoms with Gasteiger partial charge in [0.1, 0.15) is 12.4 Å². The summed E-state index contributed by atoms with van der Waals surface area (Å²) in [5.74, 6) is -1.39. The fourth-order valence-electron chi connectivity index (χ4n) is 4.23. The summed E-state index contributed by atoms with van der Waals surface area (Å²) in [6.45, 7) is 3.21. The van der Waals surface area contributed by atoms with Gasteiger partial charge in [-0.25, -0.2) is 0 Å². The Morgan fingerprint density at radius 3 is 2.23 bits per heavy atom. The average Bonchev–Trinajstić information content (AvgIpc) is 2.97. The van der Waals surface area contributed by atoms with E-state index in [1.807, 2.05) is 6.07 Å². The second kappa shape index (κ2) is 12.2. The van der Waals surface area contributed by atoms with Crippen LogP contribution in [0.4, 0.5) is 5.69 Å². The monoisotopic (exact) mass is 540 g/mol. The zero-order valence-corrected chi connectivity index (χ0v) is 22.6. The van der Waals surface area contributed by atoms with Crippen LogP contribution >= 0.6 is 0 Å². The smallest absolute Gasteiger partial charge is 0.259 e. The number of pyridine rings is 1. The highest BCUT2D eigenvalue weighted by Crippen LogP contribution is 2.30. The quantitative estimate of drug-likeness (QED) is 0.292. The van der Waals surface area contributed by atoms with Crippen LogP contribution in [0.15, 0.2) is 89.7 Å². The highest BCUT2D eigenvalue weighted by Gasteiger charge is 2.34.